The molecule has 4 aromatic rings. The number of rotatable bonds is 5. The monoisotopic (exact) mass is 427 g/mol. The molecule has 0 unspecified atom stereocenters. The zero-order chi connectivity index (χ0) is 21.9. The molecule has 9 heteroatoms. The number of nitrogens with zero attached hydrogens (tertiary/aromatic N) is 4. The fourth-order valence-electron chi connectivity index (χ4n) is 3.20. The lowest BCUT2D eigenvalue weighted by molar-refractivity contribution is 0.0952. The molecule has 3 aromatic carbocycles. The van der Waals surface area contributed by atoms with Crippen LogP contribution in [-0.2, 0) is 0 Å². The number of hydrazone groups is 1. The van der Waals surface area contributed by atoms with Crippen LogP contribution in [0.5, 0.6) is 17.2 Å². The summed E-state index contributed by atoms with van der Waals surface area (Å²) in [5, 5.41) is 22.6. The summed E-state index contributed by atoms with van der Waals surface area (Å²) in [5.41, 5.74) is 5.41. The van der Waals surface area contributed by atoms with E-state index in [4.69, 9.17) is 9.47 Å². The molecule has 0 saturated heterocycles. The highest BCUT2D eigenvalue weighted by Crippen LogP contribution is 2.32. The molecule has 0 fully saturated rings. The summed E-state index contributed by atoms with van der Waals surface area (Å²) in [6, 6.07) is 19.6. The average molecular weight is 427 g/mol. The van der Waals surface area contributed by atoms with Crippen molar-refractivity contribution in [3.8, 4) is 34.2 Å². The maximum Gasteiger partial charge on any atom is 0.275 e. The van der Waals surface area contributed by atoms with E-state index in [1.807, 2.05) is 30.3 Å². The van der Waals surface area contributed by atoms with Crippen molar-refractivity contribution in [1.29, 1.82) is 0 Å². The number of hydrogen-bond acceptors (Lipinski definition) is 7. The summed E-state index contributed by atoms with van der Waals surface area (Å²) >= 11 is 0. The van der Waals surface area contributed by atoms with Crippen LogP contribution in [0.15, 0.2) is 78.0 Å². The van der Waals surface area contributed by atoms with E-state index in [-0.39, 0.29) is 18.1 Å². The summed E-state index contributed by atoms with van der Waals surface area (Å²) < 4.78 is 12.1. The van der Waals surface area contributed by atoms with E-state index in [0.717, 1.165) is 11.1 Å². The fraction of sp³-hybridized carbons (Fsp3) is 0.0435. The van der Waals surface area contributed by atoms with Gasteiger partial charge >= 0.3 is 0 Å². The standard InChI is InChI=1S/C23H17N5O4/c29-20-11-17(28-13-19(25-27-28)16-4-2-1-3-5-16)7-8-18(20)23(30)26-24-12-15-6-9-21-22(10-15)32-14-31-21/h1-13,29H,14H2,(H,26,30). The molecule has 2 N–H and O–H groups in total. The molecule has 0 aliphatic carbocycles. The fourth-order valence-corrected chi connectivity index (χ4v) is 3.20. The summed E-state index contributed by atoms with van der Waals surface area (Å²) in [7, 11) is 0. The van der Waals surface area contributed by atoms with Gasteiger partial charge in [-0.15, -0.1) is 5.10 Å². The number of phenols is 1. The number of benzene rings is 3. The first kappa shape index (κ1) is 19.3. The van der Waals surface area contributed by atoms with Crippen molar-refractivity contribution in [1.82, 2.24) is 20.4 Å². The SMILES string of the molecule is O=C(NN=Cc1ccc2c(c1)OCO2)c1ccc(-n2cc(-c3ccccc3)nn2)cc1O. The lowest BCUT2D eigenvalue weighted by Crippen LogP contribution is -2.17. The van der Waals surface area contributed by atoms with Gasteiger partial charge in [-0.25, -0.2) is 10.1 Å². The number of aromatic nitrogens is 3. The second kappa shape index (κ2) is 8.23. The van der Waals surface area contributed by atoms with Gasteiger partial charge in [-0.2, -0.15) is 5.10 Å². The Labute approximate surface area is 182 Å². The van der Waals surface area contributed by atoms with Gasteiger partial charge in [0.1, 0.15) is 11.4 Å². The third kappa shape index (κ3) is 3.86. The maximum atomic E-state index is 12.4. The zero-order valence-corrected chi connectivity index (χ0v) is 16.7. The highest BCUT2D eigenvalue weighted by atomic mass is 16.7. The van der Waals surface area contributed by atoms with Gasteiger partial charge < -0.3 is 14.6 Å². The van der Waals surface area contributed by atoms with Gasteiger partial charge in [-0.05, 0) is 35.9 Å². The van der Waals surface area contributed by atoms with Gasteiger partial charge in [-0.1, -0.05) is 35.5 Å². The van der Waals surface area contributed by atoms with Gasteiger partial charge in [0.2, 0.25) is 6.79 Å². The van der Waals surface area contributed by atoms with Gasteiger partial charge in [0.25, 0.3) is 5.91 Å². The number of fused-ring (bicyclic) bond motifs is 1. The van der Waals surface area contributed by atoms with Crippen molar-refractivity contribution in [2.24, 2.45) is 5.10 Å². The van der Waals surface area contributed by atoms with E-state index in [2.05, 4.69) is 20.8 Å². The molecule has 5 rings (SSSR count). The largest absolute Gasteiger partial charge is 0.507 e. The Balaban J connectivity index is 1.28. The molecule has 32 heavy (non-hydrogen) atoms. The molecule has 0 spiro atoms. The zero-order valence-electron chi connectivity index (χ0n) is 16.7. The Morgan fingerprint density at radius 2 is 1.91 bits per heavy atom. The molecule has 1 aliphatic heterocycles. The second-order valence-electron chi connectivity index (χ2n) is 6.93. The summed E-state index contributed by atoms with van der Waals surface area (Å²) in [5.74, 6) is 0.543. The van der Waals surface area contributed by atoms with Gasteiger partial charge in [0.05, 0.1) is 23.7 Å². The van der Waals surface area contributed by atoms with Crippen LogP contribution in [0, 0.1) is 0 Å². The molecule has 1 aliphatic rings. The first-order valence-electron chi connectivity index (χ1n) is 9.71. The Morgan fingerprint density at radius 3 is 2.75 bits per heavy atom. The van der Waals surface area contributed by atoms with Crippen LogP contribution in [0.4, 0.5) is 0 Å². The molecular weight excluding hydrogens is 410 g/mol. The number of hydrogen-bond donors (Lipinski definition) is 2. The van der Waals surface area contributed by atoms with Crippen molar-refractivity contribution in [3.05, 3.63) is 84.1 Å². The Morgan fingerprint density at radius 1 is 1.06 bits per heavy atom. The van der Waals surface area contributed by atoms with Gasteiger partial charge in [0, 0.05) is 11.6 Å². The highest BCUT2D eigenvalue weighted by molar-refractivity contribution is 5.97. The van der Waals surface area contributed by atoms with E-state index in [1.54, 1.807) is 30.5 Å². The molecule has 1 amide bonds. The number of aromatic hydroxyl groups is 1. The quantitative estimate of drug-likeness (QED) is 0.374. The number of phenolic OH excluding ortho intramolecular Hbond substituents is 1. The van der Waals surface area contributed by atoms with Crippen LogP contribution in [0.2, 0.25) is 0 Å². The van der Waals surface area contributed by atoms with E-state index >= 15 is 0 Å². The van der Waals surface area contributed by atoms with E-state index in [1.165, 1.54) is 23.0 Å². The molecule has 9 nitrogen and oxygen atoms in total. The molecular formula is C23H17N5O4. The lowest BCUT2D eigenvalue weighted by Gasteiger charge is -2.06. The summed E-state index contributed by atoms with van der Waals surface area (Å²) in [6.45, 7) is 0.185. The van der Waals surface area contributed by atoms with Crippen molar-refractivity contribution < 1.29 is 19.4 Å². The van der Waals surface area contributed by atoms with E-state index < -0.39 is 5.91 Å². The Hall–Kier alpha value is -4.66. The minimum absolute atomic E-state index is 0.0833. The number of carbonyl (C=O) groups is 1. The van der Waals surface area contributed by atoms with Crippen molar-refractivity contribution in [3.63, 3.8) is 0 Å². The van der Waals surface area contributed by atoms with Crippen LogP contribution in [0.25, 0.3) is 16.9 Å². The van der Waals surface area contributed by atoms with Gasteiger partial charge in [-0.3, -0.25) is 4.79 Å². The number of ether oxygens (including phenoxy) is 2. The average Bonchev–Trinajstić information content (AvgIpc) is 3.49. The third-order valence-electron chi connectivity index (χ3n) is 4.83. The van der Waals surface area contributed by atoms with Gasteiger partial charge in [0.15, 0.2) is 11.5 Å². The lowest BCUT2D eigenvalue weighted by atomic mass is 10.1. The first-order chi connectivity index (χ1) is 15.7. The second-order valence-corrected chi connectivity index (χ2v) is 6.93. The minimum atomic E-state index is -0.547. The molecule has 2 heterocycles. The molecule has 0 radical (unpaired) electrons. The Bertz CT molecular complexity index is 1320. The molecule has 158 valence electrons. The van der Waals surface area contributed by atoms with Crippen LogP contribution >= 0.6 is 0 Å². The smallest absolute Gasteiger partial charge is 0.275 e. The predicted molar refractivity (Wildman–Crippen MR) is 116 cm³/mol. The van der Waals surface area contributed by atoms with E-state index in [9.17, 15) is 9.90 Å². The molecule has 0 saturated carbocycles. The Kier molecular flexibility index (Phi) is 4.97. The topological polar surface area (TPSA) is 111 Å². The molecule has 0 bridgehead atoms. The predicted octanol–water partition coefficient (Wildman–Crippen LogP) is 3.13. The van der Waals surface area contributed by atoms with E-state index in [0.29, 0.717) is 22.9 Å². The highest BCUT2D eigenvalue weighted by Gasteiger charge is 2.14. The third-order valence-corrected chi connectivity index (χ3v) is 4.83. The van der Waals surface area contributed by atoms with Crippen LogP contribution in [-0.4, -0.2) is 39.0 Å². The van der Waals surface area contributed by atoms with Crippen molar-refractivity contribution in [2.45, 2.75) is 0 Å². The van der Waals surface area contributed by atoms with Crippen molar-refractivity contribution >= 4 is 12.1 Å². The number of carbonyl (C=O) groups excluding carboxylic acids is 1. The number of amides is 1. The van der Waals surface area contributed by atoms with Crippen LogP contribution < -0.4 is 14.9 Å². The maximum absolute atomic E-state index is 12.4. The molecule has 1 aromatic heterocycles. The minimum Gasteiger partial charge on any atom is -0.507 e. The summed E-state index contributed by atoms with van der Waals surface area (Å²) in [4.78, 5) is 12.4. The van der Waals surface area contributed by atoms with Crippen LogP contribution in [0.1, 0.15) is 15.9 Å². The summed E-state index contributed by atoms with van der Waals surface area (Å²) in [6.07, 6.45) is 3.23. The number of nitrogens with one attached hydrogen (secondary N) is 1. The van der Waals surface area contributed by atoms with Crippen molar-refractivity contribution in [2.75, 3.05) is 6.79 Å². The first-order valence-corrected chi connectivity index (χ1v) is 9.71. The molecule has 0 atom stereocenters. The normalized spacial score (nSPS) is 12.2. The van der Waals surface area contributed by atoms with Crippen LogP contribution in [0.3, 0.4) is 0 Å².